The molecule has 0 aliphatic heterocycles. The van der Waals surface area contributed by atoms with Crippen molar-refractivity contribution >= 4 is 18.0 Å². The molecule has 6 heteroatoms. The summed E-state index contributed by atoms with van der Waals surface area (Å²) >= 11 is 0. The van der Waals surface area contributed by atoms with Crippen molar-refractivity contribution < 1.29 is 19.1 Å². The molecule has 0 saturated carbocycles. The van der Waals surface area contributed by atoms with Crippen LogP contribution < -0.4 is 5.32 Å². The van der Waals surface area contributed by atoms with E-state index in [1.807, 2.05) is 43.3 Å². The van der Waals surface area contributed by atoms with Gasteiger partial charge in [0.1, 0.15) is 23.2 Å². The predicted octanol–water partition coefficient (Wildman–Crippen LogP) is 4.43. The first-order chi connectivity index (χ1) is 14.0. The number of nitrogens with zero attached hydrogens (tertiary/aromatic N) is 1. The number of carboxylic acids is 1. The number of aromatic carboxylic acids is 1. The maximum absolute atomic E-state index is 12.5. The molecule has 1 heterocycles. The van der Waals surface area contributed by atoms with E-state index in [1.165, 1.54) is 12.1 Å². The zero-order chi connectivity index (χ0) is 20.8. The zero-order valence-corrected chi connectivity index (χ0v) is 15.6. The van der Waals surface area contributed by atoms with E-state index in [0.29, 0.717) is 11.3 Å². The summed E-state index contributed by atoms with van der Waals surface area (Å²) in [5.74, 6) is -0.974. The molecule has 6 nitrogen and oxygen atoms in total. The van der Waals surface area contributed by atoms with Crippen molar-refractivity contribution in [1.82, 2.24) is 5.32 Å². The number of rotatable bonds is 6. The number of carboxylic acid groups (broad SMARTS) is 1. The van der Waals surface area contributed by atoms with Gasteiger partial charge in [0, 0.05) is 11.6 Å². The van der Waals surface area contributed by atoms with Crippen LogP contribution in [0, 0.1) is 11.3 Å². The molecule has 0 aliphatic carbocycles. The fourth-order valence-electron chi connectivity index (χ4n) is 2.85. The molecule has 2 aromatic carbocycles. The SMILES string of the molecule is C[C@H](NC(=O)/C(C#N)=C/c1ccc(-c2ccccc2C(=O)O)o1)c1ccccc1. The van der Waals surface area contributed by atoms with Crippen LogP contribution in [0.15, 0.2) is 76.7 Å². The van der Waals surface area contributed by atoms with Crippen LogP contribution in [0.3, 0.4) is 0 Å². The number of amides is 1. The van der Waals surface area contributed by atoms with Crippen LogP contribution in [0.25, 0.3) is 17.4 Å². The summed E-state index contributed by atoms with van der Waals surface area (Å²) < 4.78 is 5.66. The van der Waals surface area contributed by atoms with Gasteiger partial charge in [0.2, 0.25) is 0 Å². The van der Waals surface area contributed by atoms with E-state index in [0.717, 1.165) is 5.56 Å². The van der Waals surface area contributed by atoms with Crippen molar-refractivity contribution in [2.75, 3.05) is 0 Å². The van der Waals surface area contributed by atoms with Gasteiger partial charge in [0.25, 0.3) is 5.91 Å². The number of benzene rings is 2. The average Bonchev–Trinajstić information content (AvgIpc) is 3.21. The highest BCUT2D eigenvalue weighted by molar-refractivity contribution is 6.01. The van der Waals surface area contributed by atoms with Crippen LogP contribution in [0.5, 0.6) is 0 Å². The molecule has 1 aromatic heterocycles. The van der Waals surface area contributed by atoms with Gasteiger partial charge in [-0.15, -0.1) is 0 Å². The minimum Gasteiger partial charge on any atom is -0.478 e. The van der Waals surface area contributed by atoms with Crippen molar-refractivity contribution in [3.05, 3.63) is 89.2 Å². The fourth-order valence-corrected chi connectivity index (χ4v) is 2.85. The molecule has 1 amide bonds. The van der Waals surface area contributed by atoms with E-state index in [1.54, 1.807) is 30.3 Å². The Morgan fingerprint density at radius 2 is 1.76 bits per heavy atom. The van der Waals surface area contributed by atoms with Gasteiger partial charge in [-0.05, 0) is 30.7 Å². The van der Waals surface area contributed by atoms with E-state index in [-0.39, 0.29) is 22.9 Å². The number of furan rings is 1. The van der Waals surface area contributed by atoms with E-state index < -0.39 is 11.9 Å². The quantitative estimate of drug-likeness (QED) is 0.482. The Labute approximate surface area is 167 Å². The monoisotopic (exact) mass is 386 g/mol. The van der Waals surface area contributed by atoms with Gasteiger partial charge in [-0.3, -0.25) is 4.79 Å². The normalized spacial score (nSPS) is 12.1. The summed E-state index contributed by atoms with van der Waals surface area (Å²) in [5.41, 5.74) is 1.33. The van der Waals surface area contributed by atoms with Gasteiger partial charge in [0.05, 0.1) is 11.6 Å². The van der Waals surface area contributed by atoms with Crippen molar-refractivity contribution in [2.45, 2.75) is 13.0 Å². The highest BCUT2D eigenvalue weighted by Gasteiger charge is 2.16. The van der Waals surface area contributed by atoms with Crippen LogP contribution in [0.4, 0.5) is 0 Å². The standard InChI is InChI=1S/C23H18N2O4/c1-15(16-7-3-2-4-8-16)25-22(26)17(14-24)13-18-11-12-21(29-18)19-9-5-6-10-20(19)23(27)28/h2-13,15H,1H3,(H,25,26)(H,27,28)/b17-13+/t15-/m0/s1. The molecule has 0 fully saturated rings. The topological polar surface area (TPSA) is 103 Å². The van der Waals surface area contributed by atoms with E-state index in [4.69, 9.17) is 4.42 Å². The summed E-state index contributed by atoms with van der Waals surface area (Å²) in [5, 5.41) is 21.5. The van der Waals surface area contributed by atoms with Crippen molar-refractivity contribution in [2.24, 2.45) is 0 Å². The molecule has 3 rings (SSSR count). The van der Waals surface area contributed by atoms with Crippen LogP contribution in [-0.4, -0.2) is 17.0 Å². The van der Waals surface area contributed by atoms with Crippen LogP contribution in [0.2, 0.25) is 0 Å². The lowest BCUT2D eigenvalue weighted by Gasteiger charge is -2.13. The Balaban J connectivity index is 1.81. The van der Waals surface area contributed by atoms with Crippen molar-refractivity contribution in [3.8, 4) is 17.4 Å². The fraction of sp³-hybridized carbons (Fsp3) is 0.0870. The van der Waals surface area contributed by atoms with Crippen molar-refractivity contribution in [1.29, 1.82) is 5.26 Å². The van der Waals surface area contributed by atoms with Gasteiger partial charge in [-0.1, -0.05) is 48.5 Å². The minimum absolute atomic E-state index is 0.104. The zero-order valence-electron chi connectivity index (χ0n) is 15.6. The molecule has 29 heavy (non-hydrogen) atoms. The average molecular weight is 386 g/mol. The van der Waals surface area contributed by atoms with Gasteiger partial charge in [-0.2, -0.15) is 5.26 Å². The lowest BCUT2D eigenvalue weighted by molar-refractivity contribution is -0.117. The number of nitrogens with one attached hydrogen (secondary N) is 1. The number of hydrogen-bond acceptors (Lipinski definition) is 4. The van der Waals surface area contributed by atoms with Gasteiger partial charge < -0.3 is 14.8 Å². The molecule has 2 N–H and O–H groups in total. The molecule has 0 spiro atoms. The second-order valence-electron chi connectivity index (χ2n) is 6.33. The maximum atomic E-state index is 12.5. The highest BCUT2D eigenvalue weighted by Crippen LogP contribution is 2.27. The first-order valence-corrected chi connectivity index (χ1v) is 8.89. The molecular weight excluding hydrogens is 368 g/mol. The molecule has 144 valence electrons. The largest absolute Gasteiger partial charge is 0.478 e. The number of carbonyl (C=O) groups is 2. The van der Waals surface area contributed by atoms with E-state index in [9.17, 15) is 20.0 Å². The molecule has 1 atom stereocenters. The molecule has 0 saturated heterocycles. The second kappa shape index (κ2) is 8.72. The molecule has 0 radical (unpaired) electrons. The smallest absolute Gasteiger partial charge is 0.336 e. The van der Waals surface area contributed by atoms with Gasteiger partial charge in [0.15, 0.2) is 0 Å². The minimum atomic E-state index is -1.07. The van der Waals surface area contributed by atoms with Crippen LogP contribution >= 0.6 is 0 Å². The lowest BCUT2D eigenvalue weighted by atomic mass is 10.1. The van der Waals surface area contributed by atoms with Crippen molar-refractivity contribution in [3.63, 3.8) is 0 Å². The van der Waals surface area contributed by atoms with E-state index >= 15 is 0 Å². The third-order valence-corrected chi connectivity index (χ3v) is 4.35. The summed E-state index contributed by atoms with van der Waals surface area (Å²) in [6.07, 6.45) is 1.33. The molecule has 3 aromatic rings. The lowest BCUT2D eigenvalue weighted by Crippen LogP contribution is -2.27. The molecular formula is C23H18N2O4. The highest BCUT2D eigenvalue weighted by atomic mass is 16.4. The third-order valence-electron chi connectivity index (χ3n) is 4.35. The first kappa shape index (κ1) is 19.6. The van der Waals surface area contributed by atoms with E-state index in [2.05, 4.69) is 5.32 Å². The Bertz CT molecular complexity index is 1110. The Hall–Kier alpha value is -4.11. The Morgan fingerprint density at radius 1 is 1.07 bits per heavy atom. The number of nitriles is 1. The van der Waals surface area contributed by atoms with Gasteiger partial charge in [-0.25, -0.2) is 4.79 Å². The number of carbonyl (C=O) groups excluding carboxylic acids is 1. The molecule has 0 unspecified atom stereocenters. The Kier molecular flexibility index (Phi) is 5.91. The maximum Gasteiger partial charge on any atom is 0.336 e. The van der Waals surface area contributed by atoms with Crippen LogP contribution in [-0.2, 0) is 4.79 Å². The van der Waals surface area contributed by atoms with Crippen LogP contribution in [0.1, 0.15) is 34.6 Å². The summed E-state index contributed by atoms with van der Waals surface area (Å²) in [6.45, 7) is 1.83. The third kappa shape index (κ3) is 4.60. The molecule has 0 aliphatic rings. The Morgan fingerprint density at radius 3 is 2.45 bits per heavy atom. The summed E-state index contributed by atoms with van der Waals surface area (Å²) in [4.78, 5) is 23.8. The summed E-state index contributed by atoms with van der Waals surface area (Å²) in [6, 6.07) is 20.7. The van der Waals surface area contributed by atoms with Gasteiger partial charge >= 0.3 is 5.97 Å². The summed E-state index contributed by atoms with van der Waals surface area (Å²) in [7, 11) is 0. The number of hydrogen-bond donors (Lipinski definition) is 2. The predicted molar refractivity (Wildman–Crippen MR) is 108 cm³/mol. The second-order valence-corrected chi connectivity index (χ2v) is 6.33. The first-order valence-electron chi connectivity index (χ1n) is 8.89. The molecule has 0 bridgehead atoms.